The first-order valence-corrected chi connectivity index (χ1v) is 9.07. The fraction of sp³-hybridized carbons (Fsp3) is 0.824. The number of aliphatic carboxylic acids is 2. The van der Waals surface area contributed by atoms with Crippen molar-refractivity contribution in [1.29, 1.82) is 0 Å². The smallest absolute Gasteiger partial charge is 0.320 e. The molecular formula is C17H32ClNO5. The zero-order valence-electron chi connectivity index (χ0n) is 14.6. The molecule has 0 aliphatic carbocycles. The van der Waals surface area contributed by atoms with Crippen molar-refractivity contribution in [2.45, 2.75) is 90.0 Å². The maximum atomic E-state index is 10.4. The van der Waals surface area contributed by atoms with Crippen LogP contribution in [0.15, 0.2) is 0 Å². The van der Waals surface area contributed by atoms with Crippen LogP contribution in [-0.4, -0.2) is 33.4 Å². The van der Waals surface area contributed by atoms with E-state index in [0.29, 0.717) is 6.42 Å². The van der Waals surface area contributed by atoms with E-state index < -0.39 is 18.0 Å². The van der Waals surface area contributed by atoms with Gasteiger partial charge in [-0.2, -0.15) is 0 Å². The largest absolute Gasteiger partial charge is 0.481 e. The van der Waals surface area contributed by atoms with Crippen LogP contribution in [0.5, 0.6) is 0 Å². The molecule has 0 heterocycles. The molecular weight excluding hydrogens is 334 g/mol. The molecule has 0 rings (SSSR count). The van der Waals surface area contributed by atoms with Gasteiger partial charge in [0.05, 0.1) is 0 Å². The fourth-order valence-electron chi connectivity index (χ4n) is 1.98. The van der Waals surface area contributed by atoms with Crippen LogP contribution in [0.1, 0.15) is 84.0 Å². The second-order valence-electron chi connectivity index (χ2n) is 5.81. The lowest BCUT2D eigenvalue weighted by molar-refractivity contribution is -0.139. The monoisotopic (exact) mass is 365 g/mol. The van der Waals surface area contributed by atoms with Gasteiger partial charge in [0.15, 0.2) is 0 Å². The minimum atomic E-state index is -1.17. The second-order valence-corrected chi connectivity index (χ2v) is 6.23. The van der Waals surface area contributed by atoms with Crippen molar-refractivity contribution < 1.29 is 24.6 Å². The van der Waals surface area contributed by atoms with Crippen LogP contribution in [0.25, 0.3) is 0 Å². The molecule has 0 bridgehead atoms. The minimum absolute atomic E-state index is 0.0231. The Labute approximate surface area is 149 Å². The number of nitrogens with two attached hydrogens (primary N) is 1. The molecule has 24 heavy (non-hydrogen) atoms. The Hall–Kier alpha value is -1.14. The normalized spacial score (nSPS) is 11.3. The molecule has 0 spiro atoms. The molecule has 0 fully saturated rings. The Balaban J connectivity index is 0. The van der Waals surface area contributed by atoms with Crippen molar-refractivity contribution in [2.75, 3.05) is 0 Å². The van der Waals surface area contributed by atoms with Crippen molar-refractivity contribution in [3.63, 3.8) is 0 Å². The summed E-state index contributed by atoms with van der Waals surface area (Å²) < 4.78 is 0. The molecule has 0 amide bonds. The van der Waals surface area contributed by atoms with Crippen LogP contribution in [0.4, 0.5) is 0 Å². The number of hydrogen-bond donors (Lipinski definition) is 3. The van der Waals surface area contributed by atoms with Crippen molar-refractivity contribution in [3.8, 4) is 0 Å². The lowest BCUT2D eigenvalue weighted by atomic mass is 10.1. The number of carboxylic acid groups (broad SMARTS) is 2. The van der Waals surface area contributed by atoms with E-state index in [2.05, 4.69) is 6.92 Å². The van der Waals surface area contributed by atoms with Gasteiger partial charge >= 0.3 is 11.9 Å². The number of unbranched alkanes of at least 4 members (excludes halogenated alkanes) is 8. The number of carbonyl (C=O) groups is 3. The summed E-state index contributed by atoms with van der Waals surface area (Å²) >= 11 is 5.24. The van der Waals surface area contributed by atoms with Gasteiger partial charge in [-0.25, -0.2) is 0 Å². The van der Waals surface area contributed by atoms with E-state index in [1.54, 1.807) is 0 Å². The van der Waals surface area contributed by atoms with E-state index in [4.69, 9.17) is 27.5 Å². The zero-order valence-corrected chi connectivity index (χ0v) is 15.4. The second kappa shape index (κ2) is 18.2. The fourth-order valence-corrected chi connectivity index (χ4v) is 2.11. The van der Waals surface area contributed by atoms with Crippen molar-refractivity contribution in [1.82, 2.24) is 0 Å². The number of carboxylic acids is 2. The van der Waals surface area contributed by atoms with E-state index in [1.807, 2.05) is 0 Å². The maximum Gasteiger partial charge on any atom is 0.320 e. The van der Waals surface area contributed by atoms with Crippen LogP contribution in [0.2, 0.25) is 0 Å². The standard InChI is InChI=1S/C12H23ClO.C5H9NO4/c1-2-3-4-5-6-7-8-9-10-11-12(13)14;6-3(5(9)10)1-2-4(7)8/h2-11H2,1H3;3H,1-2,6H2,(H,7,8)(H,9,10). The number of halogens is 1. The molecule has 142 valence electrons. The molecule has 7 heteroatoms. The van der Waals surface area contributed by atoms with Crippen LogP contribution in [0, 0.1) is 0 Å². The lowest BCUT2D eigenvalue weighted by Gasteiger charge is -2.01. The molecule has 0 radical (unpaired) electrons. The Morgan fingerprint density at radius 3 is 1.71 bits per heavy atom. The molecule has 1 unspecified atom stereocenters. The molecule has 6 nitrogen and oxygen atoms in total. The molecule has 0 aromatic rings. The van der Waals surface area contributed by atoms with Gasteiger partial charge in [0.2, 0.25) is 5.24 Å². The third-order valence-corrected chi connectivity index (χ3v) is 3.65. The van der Waals surface area contributed by atoms with Gasteiger partial charge < -0.3 is 15.9 Å². The number of rotatable bonds is 14. The first kappa shape index (κ1) is 25.1. The molecule has 1 atom stereocenters. The summed E-state index contributed by atoms with van der Waals surface area (Å²) in [7, 11) is 0. The first-order chi connectivity index (χ1) is 11.3. The summed E-state index contributed by atoms with van der Waals surface area (Å²) in [6.07, 6.45) is 11.8. The quantitative estimate of drug-likeness (QED) is 0.317. The van der Waals surface area contributed by atoms with Crippen molar-refractivity contribution >= 4 is 28.8 Å². The summed E-state index contributed by atoms with van der Waals surface area (Å²) in [6.45, 7) is 2.24. The van der Waals surface area contributed by atoms with Crippen molar-refractivity contribution in [3.05, 3.63) is 0 Å². The third kappa shape index (κ3) is 23.1. The Kier molecular flexibility index (Phi) is 19.0. The highest BCUT2D eigenvalue weighted by molar-refractivity contribution is 6.63. The predicted octanol–water partition coefficient (Wildman–Crippen LogP) is 3.94. The van der Waals surface area contributed by atoms with Gasteiger partial charge in [-0.05, 0) is 24.4 Å². The van der Waals surface area contributed by atoms with Crippen LogP contribution >= 0.6 is 11.6 Å². The third-order valence-electron chi connectivity index (χ3n) is 3.46. The molecule has 0 aliphatic rings. The van der Waals surface area contributed by atoms with E-state index >= 15 is 0 Å². The SMILES string of the molecule is CCCCCCCCCCCC(=O)Cl.NC(CCC(=O)O)C(=O)O. The van der Waals surface area contributed by atoms with Crippen LogP contribution in [-0.2, 0) is 14.4 Å². The summed E-state index contributed by atoms with van der Waals surface area (Å²) in [4.78, 5) is 30.3. The Morgan fingerprint density at radius 2 is 1.33 bits per heavy atom. The van der Waals surface area contributed by atoms with Crippen LogP contribution < -0.4 is 5.73 Å². The zero-order chi connectivity index (χ0) is 18.8. The van der Waals surface area contributed by atoms with E-state index in [0.717, 1.165) is 12.8 Å². The summed E-state index contributed by atoms with van der Waals surface area (Å²) in [6, 6.07) is -1.06. The Morgan fingerprint density at radius 1 is 0.875 bits per heavy atom. The molecule has 0 saturated heterocycles. The molecule has 4 N–H and O–H groups in total. The van der Waals surface area contributed by atoms with Gasteiger partial charge in [0, 0.05) is 12.8 Å². The van der Waals surface area contributed by atoms with Gasteiger partial charge in [0.25, 0.3) is 0 Å². The van der Waals surface area contributed by atoms with Gasteiger partial charge in [-0.3, -0.25) is 14.4 Å². The topological polar surface area (TPSA) is 118 Å². The highest BCUT2D eigenvalue weighted by atomic mass is 35.5. The summed E-state index contributed by atoms with van der Waals surface area (Å²) in [5.74, 6) is -2.20. The molecule has 0 aromatic heterocycles. The number of carbonyl (C=O) groups excluding carboxylic acids is 1. The van der Waals surface area contributed by atoms with E-state index in [1.165, 1.54) is 44.9 Å². The first-order valence-electron chi connectivity index (χ1n) is 8.69. The summed E-state index contributed by atoms with van der Waals surface area (Å²) in [5.41, 5.74) is 5.00. The van der Waals surface area contributed by atoms with Gasteiger partial charge in [0.1, 0.15) is 6.04 Å². The minimum Gasteiger partial charge on any atom is -0.481 e. The highest BCUT2D eigenvalue weighted by Crippen LogP contribution is 2.10. The van der Waals surface area contributed by atoms with Gasteiger partial charge in [-0.1, -0.05) is 58.3 Å². The molecule has 0 aromatic carbocycles. The van der Waals surface area contributed by atoms with Crippen LogP contribution in [0.3, 0.4) is 0 Å². The van der Waals surface area contributed by atoms with E-state index in [-0.39, 0.29) is 18.1 Å². The predicted molar refractivity (Wildman–Crippen MR) is 95.2 cm³/mol. The summed E-state index contributed by atoms with van der Waals surface area (Å²) in [5, 5.41) is 16.1. The van der Waals surface area contributed by atoms with Gasteiger partial charge in [-0.15, -0.1) is 0 Å². The lowest BCUT2D eigenvalue weighted by Crippen LogP contribution is -2.30. The Bertz CT molecular complexity index is 350. The molecule has 0 saturated carbocycles. The number of hydrogen-bond acceptors (Lipinski definition) is 4. The highest BCUT2D eigenvalue weighted by Gasteiger charge is 2.12. The maximum absolute atomic E-state index is 10.4. The van der Waals surface area contributed by atoms with Crippen molar-refractivity contribution in [2.24, 2.45) is 5.73 Å². The average molecular weight is 366 g/mol. The average Bonchev–Trinajstić information content (AvgIpc) is 2.51. The molecule has 0 aliphatic heterocycles. The van der Waals surface area contributed by atoms with E-state index in [9.17, 15) is 14.4 Å².